The lowest BCUT2D eigenvalue weighted by atomic mass is 10.1. The number of nitrogens with one attached hydrogen (secondary N) is 1. The number of aromatic carboxylic acids is 1. The molecule has 31 heavy (non-hydrogen) atoms. The summed E-state index contributed by atoms with van der Waals surface area (Å²) in [6, 6.07) is 9.07. The molecule has 0 radical (unpaired) electrons. The molecular formula is C21H18ClN5O4. The number of nitrogens with zero attached hydrogens (tertiary/aromatic N) is 3. The van der Waals surface area contributed by atoms with E-state index in [1.165, 1.54) is 29.2 Å². The topological polar surface area (TPSA) is 131 Å². The monoisotopic (exact) mass is 439 g/mol. The van der Waals surface area contributed by atoms with E-state index in [1.807, 2.05) is 10.6 Å². The van der Waals surface area contributed by atoms with Crippen molar-refractivity contribution in [1.29, 1.82) is 0 Å². The fourth-order valence-corrected chi connectivity index (χ4v) is 4.05. The summed E-state index contributed by atoms with van der Waals surface area (Å²) >= 11 is 6.53. The zero-order chi connectivity index (χ0) is 22.1. The minimum atomic E-state index is -1.05. The first-order valence-electron chi connectivity index (χ1n) is 9.37. The van der Waals surface area contributed by atoms with Gasteiger partial charge in [0.1, 0.15) is 0 Å². The Balaban J connectivity index is 1.61. The number of urea groups is 1. The molecule has 158 valence electrons. The SMILES string of the molecule is NC(=O)c1c(Cl)c(-c2cccnc2)n2c1CN(C(=O)Nc1ccc(C(=O)O)cc1)CC2. The number of pyridine rings is 1. The van der Waals surface area contributed by atoms with Gasteiger partial charge in [0.15, 0.2) is 0 Å². The molecule has 0 saturated carbocycles. The first-order valence-corrected chi connectivity index (χ1v) is 9.75. The molecule has 10 heteroatoms. The standard InChI is InChI=1S/C21H18ClN5O4/c22-17-16(19(23)28)15-11-26(8-9-27(15)18(17)13-2-1-7-24-10-13)21(31)25-14-5-3-12(4-6-14)20(29)30/h1-7,10H,8-9,11H2,(H2,23,28)(H,25,31)(H,29,30). The molecule has 0 fully saturated rings. The van der Waals surface area contributed by atoms with Gasteiger partial charge >= 0.3 is 12.0 Å². The van der Waals surface area contributed by atoms with E-state index in [0.29, 0.717) is 30.2 Å². The van der Waals surface area contributed by atoms with Crippen LogP contribution in [0, 0.1) is 0 Å². The summed E-state index contributed by atoms with van der Waals surface area (Å²) in [4.78, 5) is 41.5. The minimum absolute atomic E-state index is 0.123. The van der Waals surface area contributed by atoms with Gasteiger partial charge in [0.05, 0.1) is 34.1 Å². The summed E-state index contributed by atoms with van der Waals surface area (Å²) in [7, 11) is 0. The maximum Gasteiger partial charge on any atom is 0.335 e. The molecule has 3 heterocycles. The number of halogens is 1. The van der Waals surface area contributed by atoms with E-state index in [4.69, 9.17) is 22.4 Å². The van der Waals surface area contributed by atoms with Crippen LogP contribution in [0.2, 0.25) is 5.02 Å². The van der Waals surface area contributed by atoms with E-state index in [9.17, 15) is 14.4 Å². The van der Waals surface area contributed by atoms with Crippen molar-refractivity contribution >= 4 is 35.2 Å². The van der Waals surface area contributed by atoms with Crippen molar-refractivity contribution in [3.05, 3.63) is 70.6 Å². The number of carbonyl (C=O) groups excluding carboxylic acids is 2. The summed E-state index contributed by atoms with van der Waals surface area (Å²) in [6.45, 7) is 0.928. The zero-order valence-electron chi connectivity index (χ0n) is 16.2. The van der Waals surface area contributed by atoms with Crippen molar-refractivity contribution in [3.63, 3.8) is 0 Å². The molecule has 9 nitrogen and oxygen atoms in total. The predicted molar refractivity (Wildman–Crippen MR) is 114 cm³/mol. The van der Waals surface area contributed by atoms with E-state index in [0.717, 1.165) is 5.56 Å². The number of nitrogens with two attached hydrogens (primary N) is 1. The highest BCUT2D eigenvalue weighted by molar-refractivity contribution is 6.36. The van der Waals surface area contributed by atoms with E-state index in [2.05, 4.69) is 10.3 Å². The molecule has 1 aliphatic heterocycles. The highest BCUT2D eigenvalue weighted by Crippen LogP contribution is 2.37. The van der Waals surface area contributed by atoms with E-state index >= 15 is 0 Å². The highest BCUT2D eigenvalue weighted by atomic mass is 35.5. The van der Waals surface area contributed by atoms with Crippen LogP contribution in [0.25, 0.3) is 11.3 Å². The number of benzene rings is 1. The molecule has 0 bridgehead atoms. The average molecular weight is 440 g/mol. The van der Waals surface area contributed by atoms with Crippen LogP contribution in [0.1, 0.15) is 26.4 Å². The molecule has 0 aliphatic carbocycles. The van der Waals surface area contributed by atoms with Crippen LogP contribution in [0.15, 0.2) is 48.8 Å². The van der Waals surface area contributed by atoms with Crippen molar-refractivity contribution in [2.45, 2.75) is 13.1 Å². The summed E-state index contributed by atoms with van der Waals surface area (Å²) in [5.74, 6) is -1.72. The summed E-state index contributed by atoms with van der Waals surface area (Å²) in [6.07, 6.45) is 3.29. The van der Waals surface area contributed by atoms with Gasteiger partial charge in [-0.25, -0.2) is 9.59 Å². The van der Waals surface area contributed by atoms with Crippen molar-refractivity contribution in [3.8, 4) is 11.3 Å². The lowest BCUT2D eigenvalue weighted by molar-refractivity contribution is 0.0696. The Hall–Kier alpha value is -3.85. The number of carbonyl (C=O) groups is 3. The van der Waals surface area contributed by atoms with Gasteiger partial charge in [-0.3, -0.25) is 9.78 Å². The van der Waals surface area contributed by atoms with Crippen molar-refractivity contribution in [2.24, 2.45) is 5.73 Å². The van der Waals surface area contributed by atoms with E-state index in [1.54, 1.807) is 18.5 Å². The molecule has 4 rings (SSSR count). The fraction of sp³-hybridized carbons (Fsp3) is 0.143. The molecule has 2 aromatic heterocycles. The Kier molecular flexibility index (Phi) is 5.35. The average Bonchev–Trinajstić information content (AvgIpc) is 3.05. The second-order valence-electron chi connectivity index (χ2n) is 6.98. The van der Waals surface area contributed by atoms with Gasteiger partial charge in [0, 0.05) is 36.7 Å². The third-order valence-electron chi connectivity index (χ3n) is 5.10. The third-order valence-corrected chi connectivity index (χ3v) is 5.47. The van der Waals surface area contributed by atoms with Crippen LogP contribution < -0.4 is 11.1 Å². The van der Waals surface area contributed by atoms with Crippen LogP contribution in [-0.4, -0.2) is 44.0 Å². The van der Waals surface area contributed by atoms with Gasteiger partial charge in [-0.2, -0.15) is 0 Å². The summed E-state index contributed by atoms with van der Waals surface area (Å²) in [5, 5.41) is 12.0. The van der Waals surface area contributed by atoms with Gasteiger partial charge in [-0.05, 0) is 36.4 Å². The molecule has 0 unspecified atom stereocenters. The number of aromatic nitrogens is 2. The van der Waals surface area contributed by atoms with E-state index in [-0.39, 0.29) is 28.7 Å². The number of hydrogen-bond donors (Lipinski definition) is 3. The maximum absolute atomic E-state index is 12.8. The van der Waals surface area contributed by atoms with Crippen LogP contribution in [0.3, 0.4) is 0 Å². The Morgan fingerprint density at radius 1 is 1.13 bits per heavy atom. The smallest absolute Gasteiger partial charge is 0.335 e. The Bertz CT molecular complexity index is 1170. The largest absolute Gasteiger partial charge is 0.478 e. The Labute approximate surface area is 182 Å². The Morgan fingerprint density at radius 3 is 2.48 bits per heavy atom. The molecule has 4 N–H and O–H groups in total. The molecule has 0 spiro atoms. The fourth-order valence-electron chi connectivity index (χ4n) is 3.63. The number of primary amides is 1. The zero-order valence-corrected chi connectivity index (χ0v) is 17.0. The molecule has 1 aromatic carbocycles. The van der Waals surface area contributed by atoms with Gasteiger partial charge in [0.2, 0.25) is 0 Å². The van der Waals surface area contributed by atoms with Crippen molar-refractivity contribution in [2.75, 3.05) is 11.9 Å². The molecule has 3 amide bonds. The number of fused-ring (bicyclic) bond motifs is 1. The van der Waals surface area contributed by atoms with Crippen molar-refractivity contribution < 1.29 is 19.5 Å². The van der Waals surface area contributed by atoms with Crippen LogP contribution >= 0.6 is 11.6 Å². The third kappa shape index (κ3) is 3.82. The van der Waals surface area contributed by atoms with Crippen molar-refractivity contribution in [1.82, 2.24) is 14.5 Å². The van der Waals surface area contributed by atoms with Crippen LogP contribution in [-0.2, 0) is 13.1 Å². The Morgan fingerprint density at radius 2 is 1.87 bits per heavy atom. The predicted octanol–water partition coefficient (Wildman–Crippen LogP) is 3.05. The molecular weight excluding hydrogens is 422 g/mol. The molecule has 0 atom stereocenters. The second-order valence-corrected chi connectivity index (χ2v) is 7.35. The van der Waals surface area contributed by atoms with Crippen LogP contribution in [0.5, 0.6) is 0 Å². The summed E-state index contributed by atoms with van der Waals surface area (Å²) in [5.41, 5.74) is 8.30. The van der Waals surface area contributed by atoms with Gasteiger partial charge in [0.25, 0.3) is 5.91 Å². The number of amides is 3. The molecule has 0 saturated heterocycles. The number of carboxylic acids is 1. The number of rotatable bonds is 4. The normalized spacial score (nSPS) is 12.9. The number of carboxylic acid groups (broad SMARTS) is 1. The molecule has 3 aromatic rings. The minimum Gasteiger partial charge on any atom is -0.478 e. The van der Waals surface area contributed by atoms with Crippen LogP contribution in [0.4, 0.5) is 10.5 Å². The summed E-state index contributed by atoms with van der Waals surface area (Å²) < 4.78 is 1.89. The van der Waals surface area contributed by atoms with Gasteiger partial charge < -0.3 is 25.6 Å². The molecule has 1 aliphatic rings. The lowest BCUT2D eigenvalue weighted by Crippen LogP contribution is -2.41. The quantitative estimate of drug-likeness (QED) is 0.575. The number of hydrogen-bond acceptors (Lipinski definition) is 4. The van der Waals surface area contributed by atoms with E-state index < -0.39 is 11.9 Å². The maximum atomic E-state index is 12.8. The first-order chi connectivity index (χ1) is 14.9. The first kappa shape index (κ1) is 20.4. The second kappa shape index (κ2) is 8.11. The van der Waals surface area contributed by atoms with Gasteiger partial charge in [-0.15, -0.1) is 0 Å². The highest BCUT2D eigenvalue weighted by Gasteiger charge is 2.31. The lowest BCUT2D eigenvalue weighted by Gasteiger charge is -2.30. The van der Waals surface area contributed by atoms with Gasteiger partial charge in [-0.1, -0.05) is 11.6 Å². The number of anilines is 1.